The SMILES string of the molecule is O=C(CN1CCN(C(=O)c2cccs2)CC1)NCCc1c[nH]c2ccccc12. The second kappa shape index (κ2) is 8.58. The monoisotopic (exact) mass is 396 g/mol. The number of aromatic nitrogens is 1. The molecular formula is C21H24N4O2S. The third kappa shape index (κ3) is 4.26. The van der Waals surface area contributed by atoms with Gasteiger partial charge in [-0.25, -0.2) is 0 Å². The van der Waals surface area contributed by atoms with Crippen molar-refractivity contribution in [3.8, 4) is 0 Å². The van der Waals surface area contributed by atoms with Gasteiger partial charge < -0.3 is 15.2 Å². The molecule has 0 saturated carbocycles. The maximum atomic E-state index is 12.4. The van der Waals surface area contributed by atoms with Crippen molar-refractivity contribution in [2.24, 2.45) is 0 Å². The number of H-pyrrole nitrogens is 1. The van der Waals surface area contributed by atoms with E-state index in [0.29, 0.717) is 26.2 Å². The fraction of sp³-hybridized carbons (Fsp3) is 0.333. The lowest BCUT2D eigenvalue weighted by Crippen LogP contribution is -2.51. The summed E-state index contributed by atoms with van der Waals surface area (Å²) in [6.07, 6.45) is 2.82. The second-order valence-corrected chi connectivity index (χ2v) is 7.95. The summed E-state index contributed by atoms with van der Waals surface area (Å²) in [6.45, 7) is 3.80. The Morgan fingerprint density at radius 1 is 1.07 bits per heavy atom. The van der Waals surface area contributed by atoms with Gasteiger partial charge in [-0.3, -0.25) is 14.5 Å². The highest BCUT2D eigenvalue weighted by atomic mass is 32.1. The molecule has 146 valence electrons. The molecular weight excluding hydrogens is 372 g/mol. The number of benzene rings is 1. The first kappa shape index (κ1) is 18.7. The number of amides is 2. The third-order valence-electron chi connectivity index (χ3n) is 5.15. The molecule has 0 atom stereocenters. The molecule has 3 aromatic rings. The molecule has 6 nitrogen and oxygen atoms in total. The van der Waals surface area contributed by atoms with E-state index >= 15 is 0 Å². The lowest BCUT2D eigenvalue weighted by molar-refractivity contribution is -0.122. The number of thiophene rings is 1. The molecule has 28 heavy (non-hydrogen) atoms. The number of hydrogen-bond donors (Lipinski definition) is 2. The molecule has 1 aliphatic heterocycles. The van der Waals surface area contributed by atoms with Crippen LogP contribution in [0.4, 0.5) is 0 Å². The molecule has 0 bridgehead atoms. The Bertz CT molecular complexity index is 942. The lowest BCUT2D eigenvalue weighted by atomic mass is 10.1. The highest BCUT2D eigenvalue weighted by Crippen LogP contribution is 2.17. The first-order valence-corrected chi connectivity index (χ1v) is 10.5. The molecule has 2 amide bonds. The summed E-state index contributed by atoms with van der Waals surface area (Å²) in [5.41, 5.74) is 2.34. The van der Waals surface area contributed by atoms with Gasteiger partial charge in [0.05, 0.1) is 11.4 Å². The molecule has 1 saturated heterocycles. The highest BCUT2D eigenvalue weighted by Gasteiger charge is 2.23. The van der Waals surface area contributed by atoms with Gasteiger partial charge in [-0.05, 0) is 29.5 Å². The van der Waals surface area contributed by atoms with E-state index in [9.17, 15) is 9.59 Å². The van der Waals surface area contributed by atoms with Crippen molar-refractivity contribution in [2.45, 2.75) is 6.42 Å². The molecule has 1 fully saturated rings. The first-order valence-electron chi connectivity index (χ1n) is 9.57. The van der Waals surface area contributed by atoms with Gasteiger partial charge in [0.2, 0.25) is 5.91 Å². The first-order chi connectivity index (χ1) is 13.7. The van der Waals surface area contributed by atoms with Crippen molar-refractivity contribution >= 4 is 34.1 Å². The molecule has 4 rings (SSSR count). The van der Waals surface area contributed by atoms with Crippen LogP contribution in [0.2, 0.25) is 0 Å². The van der Waals surface area contributed by atoms with Gasteiger partial charge in [0.25, 0.3) is 5.91 Å². The topological polar surface area (TPSA) is 68.4 Å². The van der Waals surface area contributed by atoms with Gasteiger partial charge in [-0.2, -0.15) is 0 Å². The Balaban J connectivity index is 1.19. The average molecular weight is 397 g/mol. The number of nitrogens with one attached hydrogen (secondary N) is 2. The second-order valence-electron chi connectivity index (χ2n) is 7.01. The van der Waals surface area contributed by atoms with Crippen LogP contribution in [-0.2, 0) is 11.2 Å². The van der Waals surface area contributed by atoms with Gasteiger partial charge in [0.1, 0.15) is 0 Å². The lowest BCUT2D eigenvalue weighted by Gasteiger charge is -2.34. The zero-order valence-electron chi connectivity index (χ0n) is 15.7. The van der Waals surface area contributed by atoms with Crippen LogP contribution in [0.1, 0.15) is 15.2 Å². The summed E-state index contributed by atoms with van der Waals surface area (Å²) in [4.78, 5) is 32.7. The van der Waals surface area contributed by atoms with E-state index in [4.69, 9.17) is 0 Å². The summed E-state index contributed by atoms with van der Waals surface area (Å²) in [5.74, 6) is 0.135. The Labute approximate surface area is 168 Å². The number of nitrogens with zero attached hydrogens (tertiary/aromatic N) is 2. The van der Waals surface area contributed by atoms with Crippen LogP contribution in [0, 0.1) is 0 Å². The molecule has 0 unspecified atom stereocenters. The van der Waals surface area contributed by atoms with Crippen LogP contribution in [0.3, 0.4) is 0 Å². The summed E-state index contributed by atoms with van der Waals surface area (Å²) < 4.78 is 0. The van der Waals surface area contributed by atoms with Crippen LogP contribution in [0.15, 0.2) is 48.0 Å². The summed E-state index contributed by atoms with van der Waals surface area (Å²) in [6, 6.07) is 12.0. The Kier molecular flexibility index (Phi) is 5.73. The molecule has 1 aliphatic rings. The molecule has 0 aliphatic carbocycles. The largest absolute Gasteiger partial charge is 0.361 e. The Morgan fingerprint density at radius 3 is 2.68 bits per heavy atom. The van der Waals surface area contributed by atoms with Gasteiger partial charge in [0, 0.05) is 49.8 Å². The molecule has 2 N–H and O–H groups in total. The number of aromatic amines is 1. The molecule has 1 aromatic carbocycles. The number of fused-ring (bicyclic) bond motifs is 1. The minimum Gasteiger partial charge on any atom is -0.361 e. The summed E-state index contributed by atoms with van der Waals surface area (Å²) in [7, 11) is 0. The zero-order chi connectivity index (χ0) is 19.3. The number of piperazine rings is 1. The fourth-order valence-corrected chi connectivity index (χ4v) is 4.29. The van der Waals surface area contributed by atoms with Gasteiger partial charge in [-0.1, -0.05) is 24.3 Å². The number of para-hydroxylation sites is 1. The van der Waals surface area contributed by atoms with Gasteiger partial charge in [0.15, 0.2) is 0 Å². The van der Waals surface area contributed by atoms with Crippen LogP contribution in [0.25, 0.3) is 10.9 Å². The average Bonchev–Trinajstić information content (AvgIpc) is 3.39. The molecule has 3 heterocycles. The number of carbonyl (C=O) groups is 2. The van der Waals surface area contributed by atoms with E-state index in [2.05, 4.69) is 27.3 Å². The quantitative estimate of drug-likeness (QED) is 0.672. The van der Waals surface area contributed by atoms with E-state index in [-0.39, 0.29) is 11.8 Å². The van der Waals surface area contributed by atoms with E-state index in [1.807, 2.05) is 40.7 Å². The fourth-order valence-electron chi connectivity index (χ4n) is 3.60. The smallest absolute Gasteiger partial charge is 0.264 e. The number of hydrogen-bond acceptors (Lipinski definition) is 4. The normalized spacial score (nSPS) is 15.1. The number of carbonyl (C=O) groups excluding carboxylic acids is 2. The standard InChI is InChI=1S/C21H24N4O2S/c26-20(22-8-7-16-14-23-18-5-2-1-4-17(16)18)15-24-9-11-25(12-10-24)21(27)19-6-3-13-28-19/h1-6,13-14,23H,7-12,15H2,(H,22,26). The Morgan fingerprint density at radius 2 is 1.89 bits per heavy atom. The summed E-state index contributed by atoms with van der Waals surface area (Å²) >= 11 is 1.47. The molecule has 7 heteroatoms. The van der Waals surface area contributed by atoms with Crippen molar-refractivity contribution in [1.82, 2.24) is 20.1 Å². The van der Waals surface area contributed by atoms with E-state index in [0.717, 1.165) is 29.9 Å². The van der Waals surface area contributed by atoms with E-state index in [1.165, 1.54) is 22.3 Å². The highest BCUT2D eigenvalue weighted by molar-refractivity contribution is 7.12. The van der Waals surface area contributed by atoms with Crippen LogP contribution in [-0.4, -0.2) is 65.9 Å². The Hall–Kier alpha value is -2.64. The molecule has 0 spiro atoms. The van der Waals surface area contributed by atoms with Gasteiger partial charge in [-0.15, -0.1) is 11.3 Å². The maximum Gasteiger partial charge on any atom is 0.264 e. The summed E-state index contributed by atoms with van der Waals surface area (Å²) in [5, 5.41) is 6.15. The third-order valence-corrected chi connectivity index (χ3v) is 6.01. The van der Waals surface area contributed by atoms with E-state index in [1.54, 1.807) is 0 Å². The maximum absolute atomic E-state index is 12.4. The zero-order valence-corrected chi connectivity index (χ0v) is 16.5. The van der Waals surface area contributed by atoms with Gasteiger partial charge >= 0.3 is 0 Å². The van der Waals surface area contributed by atoms with Crippen LogP contribution in [0.5, 0.6) is 0 Å². The van der Waals surface area contributed by atoms with Crippen molar-refractivity contribution < 1.29 is 9.59 Å². The molecule has 2 aromatic heterocycles. The minimum absolute atomic E-state index is 0.0397. The van der Waals surface area contributed by atoms with E-state index < -0.39 is 0 Å². The van der Waals surface area contributed by atoms with Crippen molar-refractivity contribution in [2.75, 3.05) is 39.3 Å². The molecule has 0 radical (unpaired) electrons. The minimum atomic E-state index is 0.0397. The van der Waals surface area contributed by atoms with Crippen LogP contribution < -0.4 is 5.32 Å². The van der Waals surface area contributed by atoms with Crippen molar-refractivity contribution in [3.05, 3.63) is 58.4 Å². The number of rotatable bonds is 6. The van der Waals surface area contributed by atoms with Crippen LogP contribution >= 0.6 is 11.3 Å². The predicted octanol–water partition coefficient (Wildman–Crippen LogP) is 2.35. The van der Waals surface area contributed by atoms with Crippen molar-refractivity contribution in [3.63, 3.8) is 0 Å². The van der Waals surface area contributed by atoms with Crippen molar-refractivity contribution in [1.29, 1.82) is 0 Å². The predicted molar refractivity (Wildman–Crippen MR) is 112 cm³/mol.